The smallest absolute Gasteiger partial charge is 0.226 e. The van der Waals surface area contributed by atoms with E-state index in [0.29, 0.717) is 13.0 Å². The molecular weight excluding hydrogens is 308 g/mol. The third kappa shape index (κ3) is 3.81. The summed E-state index contributed by atoms with van der Waals surface area (Å²) in [6.45, 7) is 4.08. The largest absolute Gasteiger partial charge is 0.350 e. The zero-order valence-corrected chi connectivity index (χ0v) is 13.2. The summed E-state index contributed by atoms with van der Waals surface area (Å²) >= 11 is 0. The maximum absolute atomic E-state index is 11.8. The second-order valence-corrected chi connectivity index (χ2v) is 5.65. The Balaban J connectivity index is 1.42. The summed E-state index contributed by atoms with van der Waals surface area (Å²) in [7, 11) is 0. The fourth-order valence-corrected chi connectivity index (χ4v) is 2.78. The number of carbonyl (C=O) groups excluding carboxylic acids is 2. The van der Waals surface area contributed by atoms with E-state index in [1.54, 1.807) is 6.92 Å². The van der Waals surface area contributed by atoms with E-state index in [4.69, 9.17) is 23.7 Å². The second kappa shape index (κ2) is 7.10. The highest BCUT2D eigenvalue weighted by Gasteiger charge is 2.55. The lowest BCUT2D eigenvalue weighted by molar-refractivity contribution is -0.263. The molecule has 9 heteroatoms. The highest BCUT2D eigenvalue weighted by molar-refractivity contribution is 5.78. The Bertz CT molecular complexity index is 460. The minimum atomic E-state index is -0.686. The van der Waals surface area contributed by atoms with Crippen LogP contribution in [-0.4, -0.2) is 62.3 Å². The minimum absolute atomic E-state index is 0.0296. The van der Waals surface area contributed by atoms with Gasteiger partial charge in [-0.15, -0.1) is 0 Å². The summed E-state index contributed by atoms with van der Waals surface area (Å²) < 4.78 is 28.1. The lowest BCUT2D eigenvalue weighted by Gasteiger charge is -2.31. The Hall–Kier alpha value is -1.26. The van der Waals surface area contributed by atoms with Crippen LogP contribution in [0.3, 0.4) is 0 Å². The molecule has 3 fully saturated rings. The molecule has 23 heavy (non-hydrogen) atoms. The van der Waals surface area contributed by atoms with E-state index in [0.717, 1.165) is 0 Å². The Kier molecular flexibility index (Phi) is 5.12. The Labute approximate surface area is 133 Å². The number of rotatable bonds is 5. The maximum Gasteiger partial charge on any atom is 0.226 e. The molecule has 3 aliphatic heterocycles. The van der Waals surface area contributed by atoms with Crippen molar-refractivity contribution >= 4 is 11.8 Å². The Morgan fingerprint density at radius 1 is 1.04 bits per heavy atom. The molecule has 6 unspecified atom stereocenters. The molecule has 3 aliphatic rings. The predicted molar refractivity (Wildman–Crippen MR) is 74.8 cm³/mol. The van der Waals surface area contributed by atoms with Gasteiger partial charge in [0.05, 0.1) is 19.7 Å². The van der Waals surface area contributed by atoms with Crippen molar-refractivity contribution in [2.45, 2.75) is 63.9 Å². The first kappa shape index (κ1) is 16.6. The molecule has 0 saturated carbocycles. The van der Waals surface area contributed by atoms with Gasteiger partial charge in [-0.3, -0.25) is 9.59 Å². The van der Waals surface area contributed by atoms with Crippen LogP contribution in [0.2, 0.25) is 0 Å². The summed E-state index contributed by atoms with van der Waals surface area (Å²) in [6.07, 6.45) is -1.96. The molecule has 0 aromatic carbocycles. The van der Waals surface area contributed by atoms with Gasteiger partial charge < -0.3 is 34.3 Å². The van der Waals surface area contributed by atoms with Crippen LogP contribution in [-0.2, 0) is 33.3 Å². The van der Waals surface area contributed by atoms with Gasteiger partial charge in [0.15, 0.2) is 18.9 Å². The van der Waals surface area contributed by atoms with Gasteiger partial charge in [-0.05, 0) is 6.92 Å². The molecule has 2 N–H and O–H groups in total. The summed E-state index contributed by atoms with van der Waals surface area (Å²) in [5, 5.41) is 5.14. The number of hydrogen-bond donors (Lipinski definition) is 2. The third-order valence-electron chi connectivity index (χ3n) is 3.95. The van der Waals surface area contributed by atoms with Crippen molar-refractivity contribution in [2.24, 2.45) is 0 Å². The van der Waals surface area contributed by atoms with E-state index < -0.39 is 12.6 Å². The van der Waals surface area contributed by atoms with Crippen molar-refractivity contribution < 1.29 is 33.3 Å². The average Bonchev–Trinajstić information content (AvgIpc) is 3.04. The highest BCUT2D eigenvalue weighted by atomic mass is 16.8. The number of hydrogen-bond acceptors (Lipinski definition) is 7. The van der Waals surface area contributed by atoms with Crippen molar-refractivity contribution in [1.82, 2.24) is 10.6 Å². The number of nitrogens with one attached hydrogen (secondary N) is 2. The monoisotopic (exact) mass is 330 g/mol. The zero-order valence-electron chi connectivity index (χ0n) is 13.2. The zero-order chi connectivity index (χ0) is 16.4. The molecule has 0 aromatic heterocycles. The van der Waals surface area contributed by atoms with E-state index in [-0.39, 0.29) is 49.5 Å². The van der Waals surface area contributed by atoms with Gasteiger partial charge in [-0.1, -0.05) is 6.92 Å². The van der Waals surface area contributed by atoms with Gasteiger partial charge in [0.25, 0.3) is 0 Å². The molecule has 6 atom stereocenters. The standard InChI is InChI=1S/C14H22N2O7/c1-3-9(17)15-6-16-10(18)4-11-22-13-12-8(21-14(13)23-11)5-19-7(2)20-12/h7-8,11-14H,3-6H2,1-2H3,(H,15,17)(H,16,18). The Morgan fingerprint density at radius 3 is 2.61 bits per heavy atom. The molecule has 3 saturated heterocycles. The van der Waals surface area contributed by atoms with Gasteiger partial charge in [0.2, 0.25) is 11.8 Å². The second-order valence-electron chi connectivity index (χ2n) is 5.65. The lowest BCUT2D eigenvalue weighted by atomic mass is 10.1. The van der Waals surface area contributed by atoms with E-state index in [1.165, 1.54) is 0 Å². The maximum atomic E-state index is 11.8. The van der Waals surface area contributed by atoms with Gasteiger partial charge >= 0.3 is 0 Å². The molecule has 130 valence electrons. The molecule has 3 heterocycles. The molecular formula is C14H22N2O7. The summed E-state index contributed by atoms with van der Waals surface area (Å²) in [5.41, 5.74) is 0. The first-order chi connectivity index (χ1) is 11.1. The first-order valence-corrected chi connectivity index (χ1v) is 7.83. The van der Waals surface area contributed by atoms with Gasteiger partial charge in [-0.25, -0.2) is 0 Å². The van der Waals surface area contributed by atoms with Crippen molar-refractivity contribution in [2.75, 3.05) is 13.3 Å². The van der Waals surface area contributed by atoms with E-state index in [1.807, 2.05) is 6.92 Å². The quantitative estimate of drug-likeness (QED) is 0.636. The number of carbonyl (C=O) groups is 2. The van der Waals surface area contributed by atoms with Crippen LogP contribution < -0.4 is 10.6 Å². The number of ether oxygens (including phenoxy) is 5. The Morgan fingerprint density at radius 2 is 1.83 bits per heavy atom. The van der Waals surface area contributed by atoms with Crippen molar-refractivity contribution in [1.29, 1.82) is 0 Å². The van der Waals surface area contributed by atoms with E-state index in [2.05, 4.69) is 10.6 Å². The number of fused-ring (bicyclic) bond motifs is 3. The predicted octanol–water partition coefficient (Wildman–Crippen LogP) is -0.796. The molecule has 9 nitrogen and oxygen atoms in total. The molecule has 0 aliphatic carbocycles. The third-order valence-corrected chi connectivity index (χ3v) is 3.95. The van der Waals surface area contributed by atoms with Crippen LogP contribution in [0.25, 0.3) is 0 Å². The molecule has 0 spiro atoms. The summed E-state index contributed by atoms with van der Waals surface area (Å²) in [4.78, 5) is 22.9. The van der Waals surface area contributed by atoms with Gasteiger partial charge in [-0.2, -0.15) is 0 Å². The average molecular weight is 330 g/mol. The molecule has 0 radical (unpaired) electrons. The van der Waals surface area contributed by atoms with Crippen LogP contribution in [0.1, 0.15) is 26.7 Å². The van der Waals surface area contributed by atoms with Crippen LogP contribution in [0.5, 0.6) is 0 Å². The summed E-state index contributed by atoms with van der Waals surface area (Å²) in [5.74, 6) is -0.400. The normalized spacial score (nSPS) is 38.7. The van der Waals surface area contributed by atoms with E-state index >= 15 is 0 Å². The topological polar surface area (TPSA) is 104 Å². The minimum Gasteiger partial charge on any atom is -0.350 e. The SMILES string of the molecule is CCC(=O)NCNC(=O)CC1OC2OC3COC(C)OC3C2O1. The fourth-order valence-electron chi connectivity index (χ4n) is 2.78. The summed E-state index contributed by atoms with van der Waals surface area (Å²) in [6, 6.07) is 0. The van der Waals surface area contributed by atoms with Crippen LogP contribution in [0.4, 0.5) is 0 Å². The fraction of sp³-hybridized carbons (Fsp3) is 0.857. The van der Waals surface area contributed by atoms with E-state index in [9.17, 15) is 9.59 Å². The molecule has 0 aromatic rings. The van der Waals surface area contributed by atoms with Crippen LogP contribution in [0, 0.1) is 0 Å². The lowest BCUT2D eigenvalue weighted by Crippen LogP contribution is -2.45. The number of amides is 2. The van der Waals surface area contributed by atoms with Gasteiger partial charge in [0, 0.05) is 6.42 Å². The molecule has 0 bridgehead atoms. The van der Waals surface area contributed by atoms with Crippen molar-refractivity contribution in [3.63, 3.8) is 0 Å². The van der Waals surface area contributed by atoms with Crippen LogP contribution in [0.15, 0.2) is 0 Å². The molecule has 3 rings (SSSR count). The van der Waals surface area contributed by atoms with Crippen molar-refractivity contribution in [3.05, 3.63) is 0 Å². The highest BCUT2D eigenvalue weighted by Crippen LogP contribution is 2.37. The van der Waals surface area contributed by atoms with Crippen molar-refractivity contribution in [3.8, 4) is 0 Å². The first-order valence-electron chi connectivity index (χ1n) is 7.83. The van der Waals surface area contributed by atoms with Crippen LogP contribution >= 0.6 is 0 Å². The molecule has 2 amide bonds. The van der Waals surface area contributed by atoms with Gasteiger partial charge in [0.1, 0.15) is 18.3 Å².